The van der Waals surface area contributed by atoms with E-state index in [1.807, 2.05) is 31.0 Å². The Balaban J connectivity index is 1.81. The summed E-state index contributed by atoms with van der Waals surface area (Å²) in [6.45, 7) is 6.69. The lowest BCUT2D eigenvalue weighted by Crippen LogP contribution is -2.38. The van der Waals surface area contributed by atoms with E-state index in [1.54, 1.807) is 0 Å². The van der Waals surface area contributed by atoms with Gasteiger partial charge in [-0.05, 0) is 32.8 Å². The van der Waals surface area contributed by atoms with Gasteiger partial charge in [0.25, 0.3) is 0 Å². The van der Waals surface area contributed by atoms with Gasteiger partial charge in [-0.3, -0.25) is 4.79 Å². The Bertz CT molecular complexity index is 442. The van der Waals surface area contributed by atoms with Crippen molar-refractivity contribution in [2.75, 3.05) is 26.3 Å². The summed E-state index contributed by atoms with van der Waals surface area (Å²) < 4.78 is 5.23. The molecule has 1 aliphatic heterocycles. The summed E-state index contributed by atoms with van der Waals surface area (Å²) in [7, 11) is 0. The maximum atomic E-state index is 12.0. The van der Waals surface area contributed by atoms with Gasteiger partial charge < -0.3 is 9.64 Å². The van der Waals surface area contributed by atoms with E-state index in [0.717, 1.165) is 37.4 Å². The first kappa shape index (κ1) is 14.9. The topological polar surface area (TPSA) is 55.3 Å². The molecule has 1 aromatic heterocycles. The van der Waals surface area contributed by atoms with Crippen LogP contribution in [0.4, 0.5) is 0 Å². The van der Waals surface area contributed by atoms with Crippen molar-refractivity contribution < 1.29 is 9.53 Å². The molecule has 0 bridgehead atoms. The van der Waals surface area contributed by atoms with Crippen LogP contribution in [0.3, 0.4) is 0 Å². The van der Waals surface area contributed by atoms with Crippen LogP contribution < -0.4 is 0 Å². The molecule has 0 aliphatic carbocycles. The minimum Gasteiger partial charge on any atom is -0.381 e. The molecule has 0 atom stereocenters. The van der Waals surface area contributed by atoms with Gasteiger partial charge in [-0.2, -0.15) is 0 Å². The number of nitrogens with zero attached hydrogens (tertiary/aromatic N) is 3. The van der Waals surface area contributed by atoms with Gasteiger partial charge in [0, 0.05) is 37.5 Å². The smallest absolute Gasteiger partial charge is 0.224 e. The number of rotatable bonds is 5. The molecule has 0 saturated carbocycles. The van der Waals surface area contributed by atoms with Gasteiger partial charge in [0.1, 0.15) is 5.82 Å². The zero-order chi connectivity index (χ0) is 14.4. The molecule has 1 aliphatic rings. The number of likely N-dealkylation sites (tertiary alicyclic amines) is 1. The summed E-state index contributed by atoms with van der Waals surface area (Å²) in [6.07, 6.45) is 4.27. The third kappa shape index (κ3) is 4.00. The van der Waals surface area contributed by atoms with E-state index in [9.17, 15) is 4.79 Å². The normalized spacial score (nSPS) is 16.4. The van der Waals surface area contributed by atoms with Crippen LogP contribution in [0.2, 0.25) is 0 Å². The SMILES string of the molecule is CCOCCC(=O)N1CCC(c2ccnc(C)n2)CC1. The molecule has 1 aromatic rings. The molecule has 20 heavy (non-hydrogen) atoms. The maximum Gasteiger partial charge on any atom is 0.224 e. The predicted molar refractivity (Wildman–Crippen MR) is 76.4 cm³/mol. The molecule has 0 radical (unpaired) electrons. The minimum absolute atomic E-state index is 0.204. The van der Waals surface area contributed by atoms with Gasteiger partial charge in [0.05, 0.1) is 13.0 Å². The van der Waals surface area contributed by atoms with E-state index in [4.69, 9.17) is 4.74 Å². The monoisotopic (exact) mass is 277 g/mol. The molecule has 2 heterocycles. The Morgan fingerprint density at radius 1 is 1.45 bits per heavy atom. The van der Waals surface area contributed by atoms with Crippen molar-refractivity contribution >= 4 is 5.91 Å². The lowest BCUT2D eigenvalue weighted by atomic mass is 9.93. The van der Waals surface area contributed by atoms with Gasteiger partial charge in [-0.15, -0.1) is 0 Å². The largest absolute Gasteiger partial charge is 0.381 e. The molecule has 1 saturated heterocycles. The van der Waals surface area contributed by atoms with Crippen molar-refractivity contribution in [3.05, 3.63) is 23.8 Å². The first-order chi connectivity index (χ1) is 9.70. The Morgan fingerprint density at radius 2 is 2.20 bits per heavy atom. The van der Waals surface area contributed by atoms with E-state index in [0.29, 0.717) is 25.6 Å². The number of aromatic nitrogens is 2. The van der Waals surface area contributed by atoms with Crippen LogP contribution in [-0.2, 0) is 9.53 Å². The van der Waals surface area contributed by atoms with Crippen LogP contribution in [0.15, 0.2) is 12.3 Å². The second-order valence-corrected chi connectivity index (χ2v) is 5.13. The molecule has 1 amide bonds. The Kier molecular flexibility index (Phi) is 5.47. The fraction of sp³-hybridized carbons (Fsp3) is 0.667. The lowest BCUT2D eigenvalue weighted by Gasteiger charge is -2.31. The molecule has 0 spiro atoms. The summed E-state index contributed by atoms with van der Waals surface area (Å²) in [5.74, 6) is 1.47. The third-order valence-electron chi connectivity index (χ3n) is 3.73. The molecule has 5 nitrogen and oxygen atoms in total. The summed E-state index contributed by atoms with van der Waals surface area (Å²) in [5, 5.41) is 0. The standard InChI is InChI=1S/C15H23N3O2/c1-3-20-11-7-15(19)18-9-5-13(6-10-18)14-4-8-16-12(2)17-14/h4,8,13H,3,5-7,9-11H2,1-2H3. The van der Waals surface area contributed by atoms with Gasteiger partial charge in [-0.1, -0.05) is 0 Å². The first-order valence-electron chi connectivity index (χ1n) is 7.35. The number of carbonyl (C=O) groups excluding carboxylic acids is 1. The summed E-state index contributed by atoms with van der Waals surface area (Å²) in [5.41, 5.74) is 1.11. The van der Waals surface area contributed by atoms with Gasteiger partial charge in [0.2, 0.25) is 5.91 Å². The van der Waals surface area contributed by atoms with E-state index in [2.05, 4.69) is 9.97 Å². The van der Waals surface area contributed by atoms with Crippen molar-refractivity contribution in [2.24, 2.45) is 0 Å². The molecule has 110 valence electrons. The number of amides is 1. The van der Waals surface area contributed by atoms with E-state index < -0.39 is 0 Å². The highest BCUT2D eigenvalue weighted by Crippen LogP contribution is 2.26. The number of carbonyl (C=O) groups is 1. The van der Waals surface area contributed by atoms with Gasteiger partial charge >= 0.3 is 0 Å². The average Bonchev–Trinajstić information content (AvgIpc) is 2.47. The van der Waals surface area contributed by atoms with Crippen molar-refractivity contribution in [3.8, 4) is 0 Å². The molecule has 0 aromatic carbocycles. The highest BCUT2D eigenvalue weighted by Gasteiger charge is 2.24. The van der Waals surface area contributed by atoms with Crippen LogP contribution in [0.25, 0.3) is 0 Å². The Hall–Kier alpha value is -1.49. The molecular formula is C15H23N3O2. The lowest BCUT2D eigenvalue weighted by molar-refractivity contribution is -0.133. The van der Waals surface area contributed by atoms with E-state index >= 15 is 0 Å². The summed E-state index contributed by atoms with van der Waals surface area (Å²) in [4.78, 5) is 22.6. The third-order valence-corrected chi connectivity index (χ3v) is 3.73. The van der Waals surface area contributed by atoms with Gasteiger partial charge in [0.15, 0.2) is 0 Å². The number of aryl methyl sites for hydroxylation is 1. The Morgan fingerprint density at radius 3 is 2.85 bits per heavy atom. The van der Waals surface area contributed by atoms with Crippen LogP contribution in [-0.4, -0.2) is 47.1 Å². The fourth-order valence-corrected chi connectivity index (χ4v) is 2.59. The zero-order valence-corrected chi connectivity index (χ0v) is 12.3. The first-order valence-corrected chi connectivity index (χ1v) is 7.35. The summed E-state index contributed by atoms with van der Waals surface area (Å²) in [6, 6.07) is 1.99. The van der Waals surface area contributed by atoms with Crippen molar-refractivity contribution in [1.82, 2.24) is 14.9 Å². The predicted octanol–water partition coefficient (Wildman–Crippen LogP) is 1.92. The zero-order valence-electron chi connectivity index (χ0n) is 12.3. The minimum atomic E-state index is 0.204. The second kappa shape index (κ2) is 7.33. The number of piperidine rings is 1. The van der Waals surface area contributed by atoms with Crippen LogP contribution in [0, 0.1) is 6.92 Å². The van der Waals surface area contributed by atoms with Crippen molar-refractivity contribution in [1.29, 1.82) is 0 Å². The van der Waals surface area contributed by atoms with Crippen molar-refractivity contribution in [2.45, 2.75) is 39.0 Å². The van der Waals surface area contributed by atoms with E-state index in [1.165, 1.54) is 0 Å². The second-order valence-electron chi connectivity index (χ2n) is 5.13. The van der Waals surface area contributed by atoms with Crippen LogP contribution in [0.5, 0.6) is 0 Å². The molecule has 1 fully saturated rings. The average molecular weight is 277 g/mol. The fourth-order valence-electron chi connectivity index (χ4n) is 2.59. The van der Waals surface area contributed by atoms with E-state index in [-0.39, 0.29) is 5.91 Å². The number of ether oxygens (including phenoxy) is 1. The van der Waals surface area contributed by atoms with Gasteiger partial charge in [-0.25, -0.2) is 9.97 Å². The molecule has 5 heteroatoms. The van der Waals surface area contributed by atoms with Crippen molar-refractivity contribution in [3.63, 3.8) is 0 Å². The Labute approximate surface area is 120 Å². The maximum absolute atomic E-state index is 12.0. The molecule has 0 N–H and O–H groups in total. The summed E-state index contributed by atoms with van der Waals surface area (Å²) >= 11 is 0. The van der Waals surface area contributed by atoms with Crippen LogP contribution >= 0.6 is 0 Å². The number of hydrogen-bond acceptors (Lipinski definition) is 4. The number of hydrogen-bond donors (Lipinski definition) is 0. The quantitative estimate of drug-likeness (QED) is 0.772. The molecule has 0 unspecified atom stereocenters. The molecular weight excluding hydrogens is 254 g/mol. The highest BCUT2D eigenvalue weighted by molar-refractivity contribution is 5.76. The highest BCUT2D eigenvalue weighted by atomic mass is 16.5. The molecule has 2 rings (SSSR count). The van der Waals surface area contributed by atoms with Crippen LogP contribution in [0.1, 0.15) is 43.6 Å².